The fraction of sp³-hybridized carbons (Fsp3) is 0.588. The third-order valence-electron chi connectivity index (χ3n) is 3.92. The van der Waals surface area contributed by atoms with Crippen LogP contribution in [0.4, 0.5) is 5.69 Å². The van der Waals surface area contributed by atoms with Crippen molar-refractivity contribution >= 4 is 11.6 Å². The molecule has 0 bridgehead atoms. The first-order valence-corrected chi connectivity index (χ1v) is 7.99. The number of anilines is 1. The van der Waals surface area contributed by atoms with Gasteiger partial charge < -0.3 is 15.4 Å². The predicted octanol–water partition coefficient (Wildman–Crippen LogP) is 3.34. The Hall–Kier alpha value is -1.55. The number of benzene rings is 1. The third-order valence-corrected chi connectivity index (χ3v) is 3.92. The van der Waals surface area contributed by atoms with Gasteiger partial charge in [-0.15, -0.1) is 0 Å². The normalized spacial score (nSPS) is 21.2. The van der Waals surface area contributed by atoms with E-state index in [1.807, 2.05) is 24.3 Å². The molecule has 1 aromatic rings. The van der Waals surface area contributed by atoms with Crippen molar-refractivity contribution < 1.29 is 9.53 Å². The van der Waals surface area contributed by atoms with Crippen molar-refractivity contribution in [1.82, 2.24) is 5.32 Å². The molecule has 0 spiro atoms. The number of nitrogens with one attached hydrogen (secondary N) is 2. The summed E-state index contributed by atoms with van der Waals surface area (Å²) in [5.41, 5.74) is 0.410. The number of ether oxygens (including phenoxy) is 1. The number of hydrogen-bond donors (Lipinski definition) is 2. The van der Waals surface area contributed by atoms with Crippen LogP contribution in [0.25, 0.3) is 0 Å². The summed E-state index contributed by atoms with van der Waals surface area (Å²) in [6.07, 6.45) is 4.83. The molecule has 1 aromatic carbocycles. The number of rotatable bonds is 7. The average Bonchev–Trinajstić information content (AvgIpc) is 2.96. The van der Waals surface area contributed by atoms with Gasteiger partial charge in [-0.1, -0.05) is 26.3 Å². The van der Waals surface area contributed by atoms with Crippen LogP contribution in [-0.4, -0.2) is 24.6 Å². The van der Waals surface area contributed by atoms with Gasteiger partial charge in [0.25, 0.3) is 0 Å². The van der Waals surface area contributed by atoms with Crippen molar-refractivity contribution in [3.63, 3.8) is 0 Å². The summed E-state index contributed by atoms with van der Waals surface area (Å²) in [5, 5.41) is 6.44. The molecule has 1 aliphatic heterocycles. The zero-order chi connectivity index (χ0) is 15.1. The Morgan fingerprint density at radius 1 is 1.38 bits per heavy atom. The van der Waals surface area contributed by atoms with Gasteiger partial charge in [-0.25, -0.2) is 0 Å². The molecule has 1 fully saturated rings. The van der Waals surface area contributed by atoms with Gasteiger partial charge >= 0.3 is 0 Å². The van der Waals surface area contributed by atoms with E-state index < -0.39 is 5.54 Å². The first kappa shape index (κ1) is 15.8. The molecule has 0 saturated carbocycles. The minimum absolute atomic E-state index is 0.0782. The Labute approximate surface area is 127 Å². The maximum Gasteiger partial charge on any atom is 0.244 e. The summed E-state index contributed by atoms with van der Waals surface area (Å²) in [6.45, 7) is 5.81. The molecular weight excluding hydrogens is 264 g/mol. The lowest BCUT2D eigenvalue weighted by atomic mass is 9.91. The van der Waals surface area contributed by atoms with Crippen LogP contribution in [-0.2, 0) is 4.79 Å². The quantitative estimate of drug-likeness (QED) is 0.810. The lowest BCUT2D eigenvalue weighted by Crippen LogP contribution is -2.50. The van der Waals surface area contributed by atoms with E-state index in [-0.39, 0.29) is 5.91 Å². The number of carbonyl (C=O) groups is 1. The van der Waals surface area contributed by atoms with Crippen LogP contribution in [0.15, 0.2) is 24.3 Å². The largest absolute Gasteiger partial charge is 0.494 e. The van der Waals surface area contributed by atoms with E-state index in [1.165, 1.54) is 0 Å². The van der Waals surface area contributed by atoms with Gasteiger partial charge in [-0.3, -0.25) is 4.79 Å². The molecule has 4 nitrogen and oxygen atoms in total. The van der Waals surface area contributed by atoms with Gasteiger partial charge in [0.1, 0.15) is 5.75 Å². The molecule has 1 unspecified atom stereocenters. The highest BCUT2D eigenvalue weighted by Gasteiger charge is 2.39. The summed E-state index contributed by atoms with van der Waals surface area (Å²) in [5.74, 6) is 0.882. The molecule has 2 rings (SSSR count). The van der Waals surface area contributed by atoms with E-state index in [0.717, 1.165) is 50.1 Å². The topological polar surface area (TPSA) is 50.4 Å². The van der Waals surface area contributed by atoms with Crippen molar-refractivity contribution in [2.75, 3.05) is 18.5 Å². The molecule has 116 valence electrons. The van der Waals surface area contributed by atoms with E-state index >= 15 is 0 Å². The van der Waals surface area contributed by atoms with Crippen LogP contribution in [0.2, 0.25) is 0 Å². The average molecular weight is 290 g/mol. The maximum atomic E-state index is 12.6. The molecule has 0 aromatic heterocycles. The lowest BCUT2D eigenvalue weighted by Gasteiger charge is -2.27. The molecule has 2 N–H and O–H groups in total. The highest BCUT2D eigenvalue weighted by atomic mass is 16.5. The van der Waals surface area contributed by atoms with E-state index in [1.54, 1.807) is 0 Å². The highest BCUT2D eigenvalue weighted by molar-refractivity contribution is 5.98. The number of amides is 1. The highest BCUT2D eigenvalue weighted by Crippen LogP contribution is 2.27. The third kappa shape index (κ3) is 3.97. The van der Waals surface area contributed by atoms with Gasteiger partial charge in [0.2, 0.25) is 5.91 Å². The predicted molar refractivity (Wildman–Crippen MR) is 85.7 cm³/mol. The summed E-state index contributed by atoms with van der Waals surface area (Å²) >= 11 is 0. The first-order chi connectivity index (χ1) is 10.2. The van der Waals surface area contributed by atoms with Gasteiger partial charge in [-0.05, 0) is 44.4 Å². The lowest BCUT2D eigenvalue weighted by molar-refractivity contribution is -0.122. The zero-order valence-corrected chi connectivity index (χ0v) is 13.1. The van der Waals surface area contributed by atoms with Gasteiger partial charge in [-0.2, -0.15) is 0 Å². The molecule has 1 saturated heterocycles. The van der Waals surface area contributed by atoms with Gasteiger partial charge in [0.05, 0.1) is 12.1 Å². The van der Waals surface area contributed by atoms with Crippen LogP contribution in [0.1, 0.15) is 46.0 Å². The van der Waals surface area contributed by atoms with Gasteiger partial charge in [0, 0.05) is 11.8 Å². The smallest absolute Gasteiger partial charge is 0.244 e. The van der Waals surface area contributed by atoms with E-state index in [2.05, 4.69) is 24.5 Å². The van der Waals surface area contributed by atoms with Crippen molar-refractivity contribution in [2.45, 2.75) is 51.5 Å². The van der Waals surface area contributed by atoms with E-state index in [4.69, 9.17) is 4.74 Å². The van der Waals surface area contributed by atoms with Crippen LogP contribution < -0.4 is 15.4 Å². The fourth-order valence-corrected chi connectivity index (χ4v) is 2.89. The number of hydrogen-bond acceptors (Lipinski definition) is 3. The standard InChI is InChI=1S/C17H26N2O2/c1-3-9-17(10-6-11-18-17)16(20)19-14-7-5-8-15(13-14)21-12-4-2/h5,7-8,13,18H,3-4,6,9-12H2,1-2H3,(H,19,20). The summed E-state index contributed by atoms with van der Waals surface area (Å²) in [6, 6.07) is 7.63. The Kier molecular flexibility index (Phi) is 5.62. The molecule has 1 atom stereocenters. The maximum absolute atomic E-state index is 12.6. The Bertz CT molecular complexity index is 468. The molecule has 1 aliphatic rings. The first-order valence-electron chi connectivity index (χ1n) is 7.99. The Morgan fingerprint density at radius 3 is 2.90 bits per heavy atom. The van der Waals surface area contributed by atoms with Crippen LogP contribution in [0, 0.1) is 0 Å². The zero-order valence-electron chi connectivity index (χ0n) is 13.1. The molecule has 4 heteroatoms. The SMILES string of the molecule is CCCOc1cccc(NC(=O)C2(CCC)CCCN2)c1. The second-order valence-electron chi connectivity index (χ2n) is 5.69. The van der Waals surface area contributed by atoms with Crippen molar-refractivity contribution in [1.29, 1.82) is 0 Å². The molecule has 21 heavy (non-hydrogen) atoms. The Morgan fingerprint density at radius 2 is 2.24 bits per heavy atom. The molecule has 1 amide bonds. The van der Waals surface area contributed by atoms with Crippen molar-refractivity contribution in [3.05, 3.63) is 24.3 Å². The minimum Gasteiger partial charge on any atom is -0.494 e. The summed E-state index contributed by atoms with van der Waals surface area (Å²) in [7, 11) is 0. The summed E-state index contributed by atoms with van der Waals surface area (Å²) < 4.78 is 5.61. The van der Waals surface area contributed by atoms with Gasteiger partial charge in [0.15, 0.2) is 0 Å². The monoisotopic (exact) mass is 290 g/mol. The molecule has 1 heterocycles. The van der Waals surface area contributed by atoms with Crippen LogP contribution in [0.3, 0.4) is 0 Å². The Balaban J connectivity index is 2.04. The van der Waals surface area contributed by atoms with E-state index in [9.17, 15) is 4.79 Å². The second-order valence-corrected chi connectivity index (χ2v) is 5.69. The van der Waals surface area contributed by atoms with Crippen LogP contribution >= 0.6 is 0 Å². The fourth-order valence-electron chi connectivity index (χ4n) is 2.89. The number of carbonyl (C=O) groups excluding carboxylic acids is 1. The minimum atomic E-state index is -0.394. The molecular formula is C17H26N2O2. The molecule has 0 radical (unpaired) electrons. The summed E-state index contributed by atoms with van der Waals surface area (Å²) in [4.78, 5) is 12.6. The van der Waals surface area contributed by atoms with Crippen molar-refractivity contribution in [3.8, 4) is 5.75 Å². The van der Waals surface area contributed by atoms with Crippen molar-refractivity contribution in [2.24, 2.45) is 0 Å². The second kappa shape index (κ2) is 7.46. The molecule has 0 aliphatic carbocycles. The van der Waals surface area contributed by atoms with Crippen LogP contribution in [0.5, 0.6) is 5.75 Å². The van der Waals surface area contributed by atoms with E-state index in [0.29, 0.717) is 6.61 Å².